The average molecular weight is 287 g/mol. The number of thioether (sulfide) groups is 1. The predicted octanol–water partition coefficient (Wildman–Crippen LogP) is 2.29. The van der Waals surface area contributed by atoms with Gasteiger partial charge in [-0.1, -0.05) is 6.92 Å². The van der Waals surface area contributed by atoms with Gasteiger partial charge in [-0.3, -0.25) is 0 Å². The van der Waals surface area contributed by atoms with E-state index in [0.29, 0.717) is 19.3 Å². The third-order valence-electron chi connectivity index (χ3n) is 4.32. The van der Waals surface area contributed by atoms with E-state index in [1.165, 1.54) is 43.6 Å². The quantitative estimate of drug-likeness (QED) is 0.754. The minimum Gasteiger partial charge on any atom is -0.389 e. The molecule has 2 aliphatic rings. The highest BCUT2D eigenvalue weighted by Crippen LogP contribution is 2.25. The summed E-state index contributed by atoms with van der Waals surface area (Å²) in [5.41, 5.74) is 0. The van der Waals surface area contributed by atoms with Crippen LogP contribution in [0, 0.1) is 11.8 Å². The number of aliphatic hydroxyl groups is 1. The van der Waals surface area contributed by atoms with Crippen LogP contribution in [-0.2, 0) is 4.74 Å². The second-order valence-electron chi connectivity index (χ2n) is 6.26. The smallest absolute Gasteiger partial charge is 0.0897 e. The van der Waals surface area contributed by atoms with E-state index < -0.39 is 0 Å². The minimum absolute atomic E-state index is 0.353. The summed E-state index contributed by atoms with van der Waals surface area (Å²) in [7, 11) is 0. The van der Waals surface area contributed by atoms with E-state index in [9.17, 15) is 5.11 Å². The molecule has 19 heavy (non-hydrogen) atoms. The zero-order valence-electron chi connectivity index (χ0n) is 12.1. The predicted molar refractivity (Wildman–Crippen MR) is 81.7 cm³/mol. The maximum Gasteiger partial charge on any atom is 0.0897 e. The standard InChI is InChI=1S/C15H29NO2S/c1-12-2-4-15(5-3-12)18-10-14(17)9-16-8-13-6-7-19-11-13/h12-17H,2-11H2,1H3. The lowest BCUT2D eigenvalue weighted by Crippen LogP contribution is -2.35. The van der Waals surface area contributed by atoms with Crippen molar-refractivity contribution in [2.75, 3.05) is 31.2 Å². The molecule has 0 spiro atoms. The number of ether oxygens (including phenoxy) is 1. The second kappa shape index (κ2) is 8.50. The first-order chi connectivity index (χ1) is 9.24. The topological polar surface area (TPSA) is 41.5 Å². The summed E-state index contributed by atoms with van der Waals surface area (Å²) < 4.78 is 5.82. The van der Waals surface area contributed by atoms with Gasteiger partial charge < -0.3 is 15.2 Å². The van der Waals surface area contributed by atoms with Gasteiger partial charge in [0.15, 0.2) is 0 Å². The molecule has 0 aromatic carbocycles. The van der Waals surface area contributed by atoms with E-state index in [0.717, 1.165) is 18.4 Å². The average Bonchev–Trinajstić information content (AvgIpc) is 2.91. The van der Waals surface area contributed by atoms with Crippen molar-refractivity contribution in [3.8, 4) is 0 Å². The zero-order valence-corrected chi connectivity index (χ0v) is 13.0. The summed E-state index contributed by atoms with van der Waals surface area (Å²) in [5, 5.41) is 13.3. The van der Waals surface area contributed by atoms with Crippen molar-refractivity contribution in [3.05, 3.63) is 0 Å². The first-order valence-electron chi connectivity index (χ1n) is 7.82. The van der Waals surface area contributed by atoms with E-state index in [1.54, 1.807) is 0 Å². The SMILES string of the molecule is CC1CCC(OCC(O)CNCC2CCSC2)CC1. The van der Waals surface area contributed by atoms with Crippen molar-refractivity contribution in [2.45, 2.75) is 51.2 Å². The third kappa shape index (κ3) is 6.03. The third-order valence-corrected chi connectivity index (χ3v) is 5.56. The highest BCUT2D eigenvalue weighted by atomic mass is 32.2. The molecule has 1 saturated heterocycles. The van der Waals surface area contributed by atoms with E-state index in [-0.39, 0.29) is 6.10 Å². The summed E-state index contributed by atoms with van der Waals surface area (Å²) in [6, 6.07) is 0. The van der Waals surface area contributed by atoms with Crippen LogP contribution < -0.4 is 5.32 Å². The fraction of sp³-hybridized carbons (Fsp3) is 1.00. The zero-order chi connectivity index (χ0) is 13.5. The van der Waals surface area contributed by atoms with Crippen LogP contribution in [0.1, 0.15) is 39.0 Å². The molecule has 1 aliphatic carbocycles. The molecule has 2 atom stereocenters. The fourth-order valence-electron chi connectivity index (χ4n) is 2.90. The van der Waals surface area contributed by atoms with Crippen molar-refractivity contribution in [2.24, 2.45) is 11.8 Å². The highest BCUT2D eigenvalue weighted by Gasteiger charge is 2.20. The van der Waals surface area contributed by atoms with Crippen LogP contribution >= 0.6 is 11.8 Å². The van der Waals surface area contributed by atoms with Crippen molar-refractivity contribution < 1.29 is 9.84 Å². The number of aliphatic hydroxyl groups excluding tert-OH is 1. The Morgan fingerprint density at radius 1 is 1.26 bits per heavy atom. The summed E-state index contributed by atoms with van der Waals surface area (Å²) in [6.45, 7) is 4.52. The summed E-state index contributed by atoms with van der Waals surface area (Å²) in [6.07, 6.45) is 6.24. The van der Waals surface area contributed by atoms with Crippen LogP contribution in [0.4, 0.5) is 0 Å². The van der Waals surface area contributed by atoms with Crippen LogP contribution in [-0.4, -0.2) is 48.5 Å². The van der Waals surface area contributed by atoms with Gasteiger partial charge >= 0.3 is 0 Å². The molecule has 2 N–H and O–H groups in total. The van der Waals surface area contributed by atoms with Crippen LogP contribution in [0.5, 0.6) is 0 Å². The maximum absolute atomic E-state index is 9.91. The number of rotatable bonds is 7. The van der Waals surface area contributed by atoms with Crippen LogP contribution in [0.3, 0.4) is 0 Å². The molecule has 3 nitrogen and oxygen atoms in total. The number of nitrogens with one attached hydrogen (secondary N) is 1. The molecule has 2 unspecified atom stereocenters. The van der Waals surface area contributed by atoms with E-state index in [2.05, 4.69) is 12.2 Å². The van der Waals surface area contributed by atoms with Gasteiger partial charge in [0.2, 0.25) is 0 Å². The van der Waals surface area contributed by atoms with Crippen LogP contribution in [0.25, 0.3) is 0 Å². The Morgan fingerprint density at radius 3 is 2.74 bits per heavy atom. The van der Waals surface area contributed by atoms with Gasteiger partial charge in [0.05, 0.1) is 18.8 Å². The van der Waals surface area contributed by atoms with Gasteiger partial charge in [-0.25, -0.2) is 0 Å². The molecule has 0 aromatic heterocycles. The van der Waals surface area contributed by atoms with E-state index >= 15 is 0 Å². The molecule has 4 heteroatoms. The van der Waals surface area contributed by atoms with Crippen LogP contribution in [0.2, 0.25) is 0 Å². The molecule has 0 amide bonds. The van der Waals surface area contributed by atoms with Gasteiger partial charge in [0, 0.05) is 6.54 Å². The molecule has 0 bridgehead atoms. The molecule has 2 fully saturated rings. The van der Waals surface area contributed by atoms with Gasteiger partial charge in [-0.15, -0.1) is 0 Å². The van der Waals surface area contributed by atoms with Crippen molar-refractivity contribution in [1.82, 2.24) is 5.32 Å². The Labute approximate surface area is 121 Å². The first kappa shape index (κ1) is 15.6. The molecule has 1 aliphatic heterocycles. The Hall–Kier alpha value is 0.230. The summed E-state index contributed by atoms with van der Waals surface area (Å²) >= 11 is 2.04. The molecule has 0 aromatic rings. The monoisotopic (exact) mass is 287 g/mol. The lowest BCUT2D eigenvalue weighted by molar-refractivity contribution is -0.0279. The van der Waals surface area contributed by atoms with Gasteiger partial charge in [-0.2, -0.15) is 11.8 Å². The van der Waals surface area contributed by atoms with Gasteiger partial charge in [0.25, 0.3) is 0 Å². The lowest BCUT2D eigenvalue weighted by Gasteiger charge is -2.27. The number of hydrogen-bond acceptors (Lipinski definition) is 4. The highest BCUT2D eigenvalue weighted by molar-refractivity contribution is 7.99. The van der Waals surface area contributed by atoms with Crippen molar-refractivity contribution >= 4 is 11.8 Å². The van der Waals surface area contributed by atoms with Crippen molar-refractivity contribution in [3.63, 3.8) is 0 Å². The van der Waals surface area contributed by atoms with Gasteiger partial charge in [-0.05, 0) is 62.0 Å². The largest absolute Gasteiger partial charge is 0.389 e. The number of hydrogen-bond donors (Lipinski definition) is 2. The Morgan fingerprint density at radius 2 is 2.05 bits per heavy atom. The lowest BCUT2D eigenvalue weighted by atomic mass is 9.89. The Kier molecular flexibility index (Phi) is 6.99. The molecule has 1 saturated carbocycles. The second-order valence-corrected chi connectivity index (χ2v) is 7.41. The maximum atomic E-state index is 9.91. The van der Waals surface area contributed by atoms with Crippen molar-refractivity contribution in [1.29, 1.82) is 0 Å². The Balaban J connectivity index is 1.48. The van der Waals surface area contributed by atoms with Gasteiger partial charge in [0.1, 0.15) is 0 Å². The molecule has 2 rings (SSSR count). The first-order valence-corrected chi connectivity index (χ1v) is 8.97. The molecule has 1 heterocycles. The molecule has 112 valence electrons. The minimum atomic E-state index is -0.353. The summed E-state index contributed by atoms with van der Waals surface area (Å²) in [5.74, 6) is 4.24. The molecular weight excluding hydrogens is 258 g/mol. The van der Waals surface area contributed by atoms with Crippen LogP contribution in [0.15, 0.2) is 0 Å². The molecule has 0 radical (unpaired) electrons. The Bertz CT molecular complexity index is 238. The fourth-order valence-corrected chi connectivity index (χ4v) is 4.19. The van der Waals surface area contributed by atoms with E-state index in [1.807, 2.05) is 11.8 Å². The molecular formula is C15H29NO2S. The summed E-state index contributed by atoms with van der Waals surface area (Å²) in [4.78, 5) is 0. The normalized spacial score (nSPS) is 33.5. The van der Waals surface area contributed by atoms with E-state index in [4.69, 9.17) is 4.74 Å².